The molecule has 126 valence electrons. The molecule has 0 aromatic carbocycles. The van der Waals surface area contributed by atoms with Crippen LogP contribution in [0, 0.1) is 0 Å². The van der Waals surface area contributed by atoms with Crippen molar-refractivity contribution in [2.45, 2.75) is 78.1 Å². The smallest absolute Gasteiger partial charge is 0.247 e. The summed E-state index contributed by atoms with van der Waals surface area (Å²) in [6.07, 6.45) is 16.6. The van der Waals surface area contributed by atoms with Crippen LogP contribution in [0.15, 0.2) is 24.3 Å². The Morgan fingerprint density at radius 3 is 1.45 bits per heavy atom. The molecule has 0 heterocycles. The quantitative estimate of drug-likeness (QED) is 0.219. The van der Waals surface area contributed by atoms with Crippen molar-refractivity contribution in [2.24, 2.45) is 0 Å². The first-order valence-electron chi connectivity index (χ1n) is 8.40. The lowest BCUT2D eigenvalue weighted by Crippen LogP contribution is -2.09. The molecule has 0 amide bonds. The van der Waals surface area contributed by atoms with Crippen molar-refractivity contribution in [3.05, 3.63) is 24.3 Å². The Morgan fingerprint density at radius 1 is 0.682 bits per heavy atom. The van der Waals surface area contributed by atoms with Gasteiger partial charge >= 0.3 is 11.9 Å². The summed E-state index contributed by atoms with van der Waals surface area (Å²) in [7, 11) is 0. The SMILES string of the molecule is CCCCC/C=C/CC(=O)OOC(=O)C/C=C/CCCCC. The monoisotopic (exact) mass is 310 g/mol. The van der Waals surface area contributed by atoms with Crippen LogP contribution in [0.3, 0.4) is 0 Å². The lowest BCUT2D eigenvalue weighted by Gasteiger charge is -2.00. The number of hydrogen-bond acceptors (Lipinski definition) is 4. The molecule has 0 aromatic heterocycles. The summed E-state index contributed by atoms with van der Waals surface area (Å²) in [4.78, 5) is 31.5. The molecule has 0 saturated heterocycles. The predicted molar refractivity (Wildman–Crippen MR) is 88.0 cm³/mol. The van der Waals surface area contributed by atoms with Crippen LogP contribution in [-0.4, -0.2) is 11.9 Å². The van der Waals surface area contributed by atoms with Gasteiger partial charge in [-0.3, -0.25) is 0 Å². The van der Waals surface area contributed by atoms with Gasteiger partial charge in [0.15, 0.2) is 0 Å². The highest BCUT2D eigenvalue weighted by molar-refractivity contribution is 5.74. The second-order valence-corrected chi connectivity index (χ2v) is 5.25. The van der Waals surface area contributed by atoms with Gasteiger partial charge in [0, 0.05) is 0 Å². The predicted octanol–water partition coefficient (Wildman–Crippen LogP) is 5.04. The number of carbonyl (C=O) groups excluding carboxylic acids is 2. The lowest BCUT2D eigenvalue weighted by molar-refractivity contribution is -0.257. The summed E-state index contributed by atoms with van der Waals surface area (Å²) in [5.41, 5.74) is 0. The van der Waals surface area contributed by atoms with Crippen molar-refractivity contribution in [2.75, 3.05) is 0 Å². The van der Waals surface area contributed by atoms with E-state index in [0.29, 0.717) is 0 Å². The fraction of sp³-hybridized carbons (Fsp3) is 0.667. The molecule has 4 heteroatoms. The first-order chi connectivity index (χ1) is 10.7. The Kier molecular flexibility index (Phi) is 14.7. The van der Waals surface area contributed by atoms with Crippen LogP contribution in [0.1, 0.15) is 78.1 Å². The molecule has 0 N–H and O–H groups in total. The molecule has 0 aliphatic heterocycles. The van der Waals surface area contributed by atoms with E-state index in [1.54, 1.807) is 12.2 Å². The third-order valence-electron chi connectivity index (χ3n) is 3.08. The molecule has 4 nitrogen and oxygen atoms in total. The molecule has 0 aromatic rings. The third-order valence-corrected chi connectivity index (χ3v) is 3.08. The molecule has 0 spiro atoms. The molecule has 0 saturated carbocycles. The fourth-order valence-electron chi connectivity index (χ4n) is 1.78. The Balaban J connectivity index is 3.58. The zero-order chi connectivity index (χ0) is 16.5. The van der Waals surface area contributed by atoms with E-state index < -0.39 is 11.9 Å². The van der Waals surface area contributed by atoms with Crippen LogP contribution in [0.4, 0.5) is 0 Å². The Morgan fingerprint density at radius 2 is 1.09 bits per heavy atom. The van der Waals surface area contributed by atoms with Crippen molar-refractivity contribution in [3.63, 3.8) is 0 Å². The minimum atomic E-state index is -0.549. The van der Waals surface area contributed by atoms with Crippen molar-refractivity contribution < 1.29 is 19.4 Å². The number of unbranched alkanes of at least 4 members (excludes halogenated alkanes) is 6. The molecule has 0 atom stereocenters. The van der Waals surface area contributed by atoms with Gasteiger partial charge < -0.3 is 0 Å². The number of allylic oxidation sites excluding steroid dienone is 2. The summed E-state index contributed by atoms with van der Waals surface area (Å²) >= 11 is 0. The van der Waals surface area contributed by atoms with E-state index in [0.717, 1.165) is 25.7 Å². The van der Waals surface area contributed by atoms with Gasteiger partial charge in [-0.05, 0) is 25.7 Å². The fourth-order valence-corrected chi connectivity index (χ4v) is 1.78. The van der Waals surface area contributed by atoms with Crippen LogP contribution in [0.5, 0.6) is 0 Å². The van der Waals surface area contributed by atoms with E-state index in [1.165, 1.54) is 25.7 Å². The van der Waals surface area contributed by atoms with E-state index in [9.17, 15) is 9.59 Å². The summed E-state index contributed by atoms with van der Waals surface area (Å²) in [5, 5.41) is 0. The maximum atomic E-state index is 11.3. The number of rotatable bonds is 12. The molecule has 0 radical (unpaired) electrons. The Labute approximate surface area is 134 Å². The highest BCUT2D eigenvalue weighted by atomic mass is 17.2. The first-order valence-corrected chi connectivity index (χ1v) is 8.40. The average molecular weight is 310 g/mol. The molecule has 0 bridgehead atoms. The van der Waals surface area contributed by atoms with Gasteiger partial charge in [0.05, 0.1) is 12.8 Å². The number of hydrogen-bond donors (Lipinski definition) is 0. The summed E-state index contributed by atoms with van der Waals surface area (Å²) in [5.74, 6) is -1.10. The Bertz CT molecular complexity index is 311. The topological polar surface area (TPSA) is 52.6 Å². The van der Waals surface area contributed by atoms with E-state index in [-0.39, 0.29) is 12.8 Å². The normalized spacial score (nSPS) is 11.2. The van der Waals surface area contributed by atoms with E-state index in [2.05, 4.69) is 23.6 Å². The first kappa shape index (κ1) is 20.4. The molecule has 0 unspecified atom stereocenters. The van der Waals surface area contributed by atoms with Gasteiger partial charge in [-0.1, -0.05) is 63.8 Å². The molecule has 0 aliphatic carbocycles. The lowest BCUT2D eigenvalue weighted by atomic mass is 10.2. The standard InChI is InChI=1S/C18H30O4/c1-3-5-7-9-11-13-15-17(19)21-22-18(20)16-14-12-10-8-6-4-2/h11-14H,3-10,15-16H2,1-2H3/b13-11+,14-12+. The van der Waals surface area contributed by atoms with Gasteiger partial charge in [-0.2, -0.15) is 0 Å². The number of carbonyl (C=O) groups is 2. The molecule has 22 heavy (non-hydrogen) atoms. The van der Waals surface area contributed by atoms with Crippen LogP contribution >= 0.6 is 0 Å². The second kappa shape index (κ2) is 15.8. The summed E-state index contributed by atoms with van der Waals surface area (Å²) in [6.45, 7) is 4.30. The van der Waals surface area contributed by atoms with Crippen molar-refractivity contribution >= 4 is 11.9 Å². The highest BCUT2D eigenvalue weighted by Crippen LogP contribution is 2.02. The molecular weight excluding hydrogens is 280 g/mol. The highest BCUT2D eigenvalue weighted by Gasteiger charge is 2.06. The van der Waals surface area contributed by atoms with Gasteiger partial charge in [-0.15, -0.1) is 0 Å². The second-order valence-electron chi connectivity index (χ2n) is 5.25. The molecular formula is C18H30O4. The average Bonchev–Trinajstić information content (AvgIpc) is 2.52. The third kappa shape index (κ3) is 14.8. The van der Waals surface area contributed by atoms with Crippen LogP contribution in [0.2, 0.25) is 0 Å². The van der Waals surface area contributed by atoms with E-state index in [1.807, 2.05) is 12.2 Å². The molecule has 0 fully saturated rings. The molecule has 0 aliphatic rings. The minimum Gasteiger partial charge on any atom is -0.247 e. The van der Waals surface area contributed by atoms with Crippen molar-refractivity contribution in [1.29, 1.82) is 0 Å². The van der Waals surface area contributed by atoms with Gasteiger partial charge in [0.1, 0.15) is 0 Å². The summed E-state index contributed by atoms with van der Waals surface area (Å²) < 4.78 is 0. The van der Waals surface area contributed by atoms with Crippen molar-refractivity contribution in [3.8, 4) is 0 Å². The van der Waals surface area contributed by atoms with Gasteiger partial charge in [0.25, 0.3) is 0 Å². The van der Waals surface area contributed by atoms with Crippen LogP contribution in [-0.2, 0) is 19.4 Å². The maximum absolute atomic E-state index is 11.3. The van der Waals surface area contributed by atoms with E-state index in [4.69, 9.17) is 0 Å². The maximum Gasteiger partial charge on any atom is 0.359 e. The van der Waals surface area contributed by atoms with Gasteiger partial charge in [0.2, 0.25) is 0 Å². The van der Waals surface area contributed by atoms with Gasteiger partial charge in [-0.25, -0.2) is 19.4 Å². The van der Waals surface area contributed by atoms with Crippen LogP contribution in [0.25, 0.3) is 0 Å². The zero-order valence-electron chi connectivity index (χ0n) is 14.0. The van der Waals surface area contributed by atoms with E-state index >= 15 is 0 Å². The largest absolute Gasteiger partial charge is 0.359 e. The zero-order valence-corrected chi connectivity index (χ0v) is 14.0. The van der Waals surface area contributed by atoms with Crippen molar-refractivity contribution in [1.82, 2.24) is 0 Å². The minimum absolute atomic E-state index is 0.131. The van der Waals surface area contributed by atoms with Crippen LogP contribution < -0.4 is 0 Å². The molecule has 0 rings (SSSR count). The summed E-state index contributed by atoms with van der Waals surface area (Å²) in [6, 6.07) is 0. The Hall–Kier alpha value is -1.58.